The van der Waals surface area contributed by atoms with Gasteiger partial charge in [-0.05, 0) is 43.0 Å². The smallest absolute Gasteiger partial charge is 0.273 e. The van der Waals surface area contributed by atoms with Crippen LogP contribution in [0.25, 0.3) is 22.0 Å². The molecule has 1 fully saturated rings. The first-order valence-corrected chi connectivity index (χ1v) is 10.9. The Balaban J connectivity index is 1.57. The predicted molar refractivity (Wildman–Crippen MR) is 116 cm³/mol. The van der Waals surface area contributed by atoms with E-state index in [-0.39, 0.29) is 11.8 Å². The van der Waals surface area contributed by atoms with Gasteiger partial charge in [-0.2, -0.15) is 0 Å². The second-order valence-electron chi connectivity index (χ2n) is 7.61. The van der Waals surface area contributed by atoms with E-state index in [1.165, 1.54) is 39.1 Å². The lowest BCUT2D eigenvalue weighted by atomic mass is 9.89. The first-order chi connectivity index (χ1) is 14.2. The van der Waals surface area contributed by atoms with Crippen molar-refractivity contribution in [2.45, 2.75) is 25.7 Å². The number of amides is 1. The highest BCUT2D eigenvalue weighted by Crippen LogP contribution is 2.40. The number of thiazole rings is 1. The van der Waals surface area contributed by atoms with Crippen molar-refractivity contribution in [3.05, 3.63) is 70.6 Å². The highest BCUT2D eigenvalue weighted by atomic mass is 32.1. The number of benzene rings is 1. The summed E-state index contributed by atoms with van der Waals surface area (Å²) in [6.45, 7) is 3.63. The number of carbonyl (C=O) groups is 1. The van der Waals surface area contributed by atoms with Crippen molar-refractivity contribution in [2.75, 3.05) is 13.1 Å². The summed E-state index contributed by atoms with van der Waals surface area (Å²) in [6, 6.07) is 10.6. The van der Waals surface area contributed by atoms with Gasteiger partial charge in [-0.3, -0.25) is 9.78 Å². The fourth-order valence-corrected chi connectivity index (χ4v) is 4.92. The molecule has 0 radical (unpaired) electrons. The van der Waals surface area contributed by atoms with Crippen LogP contribution < -0.4 is 0 Å². The zero-order valence-electron chi connectivity index (χ0n) is 16.3. The van der Waals surface area contributed by atoms with E-state index in [1.807, 2.05) is 22.7 Å². The van der Waals surface area contributed by atoms with Crippen LogP contribution in [0, 0.1) is 6.92 Å². The molecule has 1 N–H and O–H groups in total. The topological polar surface area (TPSA) is 61.9 Å². The molecule has 4 heterocycles. The highest BCUT2D eigenvalue weighted by molar-refractivity contribution is 7.07. The molecule has 3 aromatic heterocycles. The number of nitrogens with zero attached hydrogens (tertiary/aromatic N) is 3. The molecule has 146 valence electrons. The van der Waals surface area contributed by atoms with Crippen molar-refractivity contribution in [2.24, 2.45) is 0 Å². The number of carbonyl (C=O) groups excluding carboxylic acids is 1. The molecule has 29 heavy (non-hydrogen) atoms. The molecule has 0 spiro atoms. The average Bonchev–Trinajstić information content (AvgIpc) is 3.43. The van der Waals surface area contributed by atoms with Crippen LogP contribution in [0.5, 0.6) is 0 Å². The number of piperidine rings is 1. The number of pyridine rings is 1. The summed E-state index contributed by atoms with van der Waals surface area (Å²) < 4.78 is 0. The maximum Gasteiger partial charge on any atom is 0.273 e. The third-order valence-corrected chi connectivity index (χ3v) is 6.39. The maximum absolute atomic E-state index is 12.9. The molecular weight excluding hydrogens is 380 g/mol. The standard InChI is InChI=1S/C23H22N4OS/c1-15-4-2-6-18-20(16-7-9-24-10-8-16)22(26-21(15)18)17-5-3-11-27(12-17)23(28)19-13-29-14-25-19/h2,4,6-10,13-14,17,26H,3,5,11-12H2,1H3. The number of aryl methyl sites for hydroxylation is 1. The summed E-state index contributed by atoms with van der Waals surface area (Å²) in [4.78, 5) is 27.0. The number of para-hydroxylation sites is 1. The fourth-order valence-electron chi connectivity index (χ4n) is 4.40. The summed E-state index contributed by atoms with van der Waals surface area (Å²) in [5, 5.41) is 3.06. The fraction of sp³-hybridized carbons (Fsp3) is 0.261. The van der Waals surface area contributed by atoms with Crippen LogP contribution in [0.15, 0.2) is 53.6 Å². The monoisotopic (exact) mass is 402 g/mol. The van der Waals surface area contributed by atoms with Gasteiger partial charge in [0.25, 0.3) is 5.91 Å². The van der Waals surface area contributed by atoms with Gasteiger partial charge in [0.1, 0.15) is 5.69 Å². The lowest BCUT2D eigenvalue weighted by Gasteiger charge is -2.32. The van der Waals surface area contributed by atoms with Crippen LogP contribution >= 0.6 is 11.3 Å². The van der Waals surface area contributed by atoms with Crippen LogP contribution in [0.2, 0.25) is 0 Å². The molecule has 1 atom stereocenters. The van der Waals surface area contributed by atoms with E-state index in [1.54, 1.807) is 5.51 Å². The van der Waals surface area contributed by atoms with Crippen molar-refractivity contribution in [3.8, 4) is 11.1 Å². The maximum atomic E-state index is 12.9. The molecule has 5 rings (SSSR count). The minimum atomic E-state index is 0.0358. The molecular formula is C23H22N4OS. The molecule has 5 nitrogen and oxygen atoms in total. The van der Waals surface area contributed by atoms with Crippen LogP contribution in [-0.4, -0.2) is 38.8 Å². The Labute approximate surface area is 173 Å². The molecule has 4 aromatic rings. The number of H-pyrrole nitrogens is 1. The molecule has 1 saturated heterocycles. The van der Waals surface area contributed by atoms with Crippen molar-refractivity contribution < 1.29 is 4.79 Å². The van der Waals surface area contributed by atoms with Gasteiger partial charge in [0.2, 0.25) is 0 Å². The molecule has 1 amide bonds. The summed E-state index contributed by atoms with van der Waals surface area (Å²) >= 11 is 1.46. The second-order valence-corrected chi connectivity index (χ2v) is 8.33. The quantitative estimate of drug-likeness (QED) is 0.524. The van der Waals surface area contributed by atoms with Gasteiger partial charge < -0.3 is 9.88 Å². The van der Waals surface area contributed by atoms with Crippen LogP contribution in [0.3, 0.4) is 0 Å². The van der Waals surface area contributed by atoms with E-state index < -0.39 is 0 Å². The predicted octanol–water partition coefficient (Wildman–Crippen LogP) is 5.01. The third-order valence-electron chi connectivity index (χ3n) is 5.81. The second kappa shape index (κ2) is 7.44. The third kappa shape index (κ3) is 3.23. The van der Waals surface area contributed by atoms with E-state index in [9.17, 15) is 4.79 Å². The lowest BCUT2D eigenvalue weighted by molar-refractivity contribution is 0.0701. The Kier molecular flexibility index (Phi) is 4.64. The first-order valence-electron chi connectivity index (χ1n) is 9.91. The number of hydrogen-bond acceptors (Lipinski definition) is 4. The van der Waals surface area contributed by atoms with Gasteiger partial charge in [-0.15, -0.1) is 11.3 Å². The molecule has 6 heteroatoms. The minimum Gasteiger partial charge on any atom is -0.357 e. The summed E-state index contributed by atoms with van der Waals surface area (Å²) in [6.07, 6.45) is 5.73. The van der Waals surface area contributed by atoms with E-state index in [0.29, 0.717) is 12.2 Å². The molecule has 0 saturated carbocycles. The highest BCUT2D eigenvalue weighted by Gasteiger charge is 2.29. The number of hydrogen-bond donors (Lipinski definition) is 1. The number of rotatable bonds is 3. The molecule has 1 aliphatic heterocycles. The van der Waals surface area contributed by atoms with Gasteiger partial charge in [0.15, 0.2) is 0 Å². The molecule has 0 aliphatic carbocycles. The summed E-state index contributed by atoms with van der Waals surface area (Å²) in [5.41, 5.74) is 8.30. The Morgan fingerprint density at radius 3 is 2.90 bits per heavy atom. The Bertz CT molecular complexity index is 1150. The normalized spacial score (nSPS) is 17.0. The molecule has 1 aliphatic rings. The van der Waals surface area contributed by atoms with Crippen LogP contribution in [0.1, 0.15) is 40.5 Å². The summed E-state index contributed by atoms with van der Waals surface area (Å²) in [7, 11) is 0. The van der Waals surface area contributed by atoms with Crippen molar-refractivity contribution in [1.82, 2.24) is 19.9 Å². The Morgan fingerprint density at radius 1 is 1.24 bits per heavy atom. The molecule has 0 bridgehead atoms. The van der Waals surface area contributed by atoms with Gasteiger partial charge in [-0.25, -0.2) is 4.98 Å². The number of nitrogens with one attached hydrogen (secondary N) is 1. The minimum absolute atomic E-state index is 0.0358. The number of fused-ring (bicyclic) bond motifs is 1. The zero-order chi connectivity index (χ0) is 19.8. The van der Waals surface area contributed by atoms with E-state index in [4.69, 9.17) is 0 Å². The van der Waals surface area contributed by atoms with Gasteiger partial charge in [0.05, 0.1) is 5.51 Å². The lowest BCUT2D eigenvalue weighted by Crippen LogP contribution is -2.39. The van der Waals surface area contributed by atoms with Gasteiger partial charge in [0, 0.05) is 58.9 Å². The number of likely N-dealkylation sites (tertiary alicyclic amines) is 1. The van der Waals surface area contributed by atoms with Gasteiger partial charge in [-0.1, -0.05) is 18.2 Å². The summed E-state index contributed by atoms with van der Waals surface area (Å²) in [5.74, 6) is 0.301. The van der Waals surface area contributed by atoms with Crippen LogP contribution in [0.4, 0.5) is 0 Å². The molecule has 1 unspecified atom stereocenters. The average molecular weight is 403 g/mol. The zero-order valence-corrected chi connectivity index (χ0v) is 17.1. The largest absolute Gasteiger partial charge is 0.357 e. The SMILES string of the molecule is Cc1cccc2c(-c3ccncc3)c(C3CCCN(C(=O)c4cscn4)C3)[nH]c12. The number of aromatic amines is 1. The Hall–Kier alpha value is -2.99. The Morgan fingerprint density at radius 2 is 2.10 bits per heavy atom. The van der Waals surface area contributed by atoms with E-state index in [0.717, 1.165) is 24.9 Å². The van der Waals surface area contributed by atoms with E-state index in [2.05, 4.69) is 52.2 Å². The number of aromatic nitrogens is 3. The van der Waals surface area contributed by atoms with Crippen molar-refractivity contribution in [1.29, 1.82) is 0 Å². The van der Waals surface area contributed by atoms with Crippen molar-refractivity contribution >= 4 is 28.1 Å². The van der Waals surface area contributed by atoms with Gasteiger partial charge >= 0.3 is 0 Å². The van der Waals surface area contributed by atoms with Crippen molar-refractivity contribution in [3.63, 3.8) is 0 Å². The molecule has 1 aromatic carbocycles. The first kappa shape index (κ1) is 18.1. The van der Waals surface area contributed by atoms with Crippen LogP contribution in [-0.2, 0) is 0 Å². The van der Waals surface area contributed by atoms with E-state index >= 15 is 0 Å².